The standard InChI is InChI=1S/C23H26N6O/c1-23(2,3)16-5-7-18(8-6-16)29-14-15-9-11-25-20(19(15)21(29)30)27-13-17-10-12-26-22(24-4)28-17/h5-12H,13-14H2,1-4H3,(H,25,27)(H,24,26,28). The zero-order chi connectivity index (χ0) is 21.3. The third-order valence-electron chi connectivity index (χ3n) is 5.24. The molecule has 154 valence electrons. The minimum absolute atomic E-state index is 0.0392. The van der Waals surface area contributed by atoms with E-state index in [1.807, 2.05) is 24.3 Å². The maximum atomic E-state index is 13.2. The molecule has 0 spiro atoms. The van der Waals surface area contributed by atoms with Crippen molar-refractivity contribution in [2.45, 2.75) is 39.3 Å². The molecule has 0 saturated heterocycles. The highest BCUT2D eigenvalue weighted by Gasteiger charge is 2.32. The molecule has 7 heteroatoms. The van der Waals surface area contributed by atoms with Crippen molar-refractivity contribution in [3.63, 3.8) is 0 Å². The first-order chi connectivity index (χ1) is 14.4. The summed E-state index contributed by atoms with van der Waals surface area (Å²) in [5, 5.41) is 6.19. The van der Waals surface area contributed by atoms with Crippen LogP contribution >= 0.6 is 0 Å². The summed E-state index contributed by atoms with van der Waals surface area (Å²) in [4.78, 5) is 28.0. The van der Waals surface area contributed by atoms with E-state index in [-0.39, 0.29) is 11.3 Å². The van der Waals surface area contributed by atoms with Gasteiger partial charge in [0.15, 0.2) is 0 Å². The molecule has 0 atom stereocenters. The lowest BCUT2D eigenvalue weighted by molar-refractivity contribution is 0.0997. The summed E-state index contributed by atoms with van der Waals surface area (Å²) in [6.07, 6.45) is 3.44. The van der Waals surface area contributed by atoms with Crippen molar-refractivity contribution < 1.29 is 4.79 Å². The minimum atomic E-state index is -0.0392. The number of amides is 1. The van der Waals surface area contributed by atoms with Crippen molar-refractivity contribution in [1.29, 1.82) is 0 Å². The van der Waals surface area contributed by atoms with E-state index in [0.717, 1.165) is 16.9 Å². The molecule has 1 aliphatic heterocycles. The first-order valence-corrected chi connectivity index (χ1v) is 10.0. The Kier molecular flexibility index (Phi) is 5.11. The fourth-order valence-corrected chi connectivity index (χ4v) is 3.52. The molecule has 0 unspecified atom stereocenters. The average molecular weight is 403 g/mol. The molecule has 7 nitrogen and oxygen atoms in total. The number of pyridine rings is 1. The van der Waals surface area contributed by atoms with E-state index in [1.54, 1.807) is 24.3 Å². The summed E-state index contributed by atoms with van der Waals surface area (Å²) in [6.45, 7) is 7.53. The first-order valence-electron chi connectivity index (χ1n) is 10.0. The summed E-state index contributed by atoms with van der Waals surface area (Å²) in [6, 6.07) is 12.0. The number of hydrogen-bond acceptors (Lipinski definition) is 6. The number of aromatic nitrogens is 3. The molecule has 0 saturated carbocycles. The highest BCUT2D eigenvalue weighted by molar-refractivity contribution is 6.12. The Hall–Kier alpha value is -3.48. The Balaban J connectivity index is 1.55. The molecule has 0 fully saturated rings. The fourth-order valence-electron chi connectivity index (χ4n) is 3.52. The molecule has 1 aromatic carbocycles. The van der Waals surface area contributed by atoms with Gasteiger partial charge in [-0.15, -0.1) is 0 Å². The maximum absolute atomic E-state index is 13.2. The largest absolute Gasteiger partial charge is 0.364 e. The zero-order valence-corrected chi connectivity index (χ0v) is 17.7. The van der Waals surface area contributed by atoms with E-state index >= 15 is 0 Å². The van der Waals surface area contributed by atoms with Crippen molar-refractivity contribution >= 4 is 23.4 Å². The number of carbonyl (C=O) groups is 1. The number of nitrogens with zero attached hydrogens (tertiary/aromatic N) is 4. The minimum Gasteiger partial charge on any atom is -0.364 e. The monoisotopic (exact) mass is 402 g/mol. The lowest BCUT2D eigenvalue weighted by Gasteiger charge is -2.21. The van der Waals surface area contributed by atoms with Crippen LogP contribution in [0.5, 0.6) is 0 Å². The first kappa shape index (κ1) is 19.8. The molecular weight excluding hydrogens is 376 g/mol. The number of rotatable bonds is 5. The van der Waals surface area contributed by atoms with E-state index in [4.69, 9.17) is 0 Å². The van der Waals surface area contributed by atoms with Crippen LogP contribution in [0.4, 0.5) is 17.5 Å². The molecule has 1 amide bonds. The van der Waals surface area contributed by atoms with E-state index in [2.05, 4.69) is 58.5 Å². The topological polar surface area (TPSA) is 83.0 Å². The fraction of sp³-hybridized carbons (Fsp3) is 0.304. The molecular formula is C23H26N6O. The lowest BCUT2D eigenvalue weighted by atomic mass is 9.87. The smallest absolute Gasteiger partial charge is 0.262 e. The normalized spacial score (nSPS) is 13.3. The van der Waals surface area contributed by atoms with E-state index in [9.17, 15) is 4.79 Å². The van der Waals surface area contributed by atoms with Crippen LogP contribution in [-0.2, 0) is 18.5 Å². The van der Waals surface area contributed by atoms with Gasteiger partial charge in [0, 0.05) is 25.1 Å². The predicted molar refractivity (Wildman–Crippen MR) is 119 cm³/mol. The van der Waals surface area contributed by atoms with Gasteiger partial charge in [-0.3, -0.25) is 4.79 Å². The number of benzene rings is 1. The van der Waals surface area contributed by atoms with Gasteiger partial charge >= 0.3 is 0 Å². The molecule has 0 aliphatic carbocycles. The highest BCUT2D eigenvalue weighted by atomic mass is 16.2. The van der Waals surface area contributed by atoms with Gasteiger partial charge in [-0.05, 0) is 40.8 Å². The van der Waals surface area contributed by atoms with Gasteiger partial charge in [0.25, 0.3) is 5.91 Å². The summed E-state index contributed by atoms with van der Waals surface area (Å²) < 4.78 is 0. The predicted octanol–water partition coefficient (Wildman–Crippen LogP) is 3.98. The molecule has 2 N–H and O–H groups in total. The van der Waals surface area contributed by atoms with Crippen LogP contribution in [0, 0.1) is 0 Å². The lowest BCUT2D eigenvalue weighted by Crippen LogP contribution is -2.24. The Morgan fingerprint density at radius 1 is 1.03 bits per heavy atom. The van der Waals surface area contributed by atoms with Crippen LogP contribution < -0.4 is 15.5 Å². The van der Waals surface area contributed by atoms with Crippen molar-refractivity contribution in [2.24, 2.45) is 0 Å². The molecule has 2 aromatic heterocycles. The van der Waals surface area contributed by atoms with Gasteiger partial charge in [0.1, 0.15) is 5.82 Å². The van der Waals surface area contributed by atoms with Crippen LogP contribution in [-0.4, -0.2) is 27.9 Å². The maximum Gasteiger partial charge on any atom is 0.262 e. The third kappa shape index (κ3) is 3.83. The van der Waals surface area contributed by atoms with Gasteiger partial charge in [-0.25, -0.2) is 15.0 Å². The van der Waals surface area contributed by atoms with Gasteiger partial charge in [0.05, 0.1) is 24.3 Å². The highest BCUT2D eigenvalue weighted by Crippen LogP contribution is 2.33. The SMILES string of the molecule is CNc1nccc(CNc2nccc3c2C(=O)N(c2ccc(C(C)(C)C)cc2)C3)n1. The second-order valence-corrected chi connectivity index (χ2v) is 8.36. The molecule has 1 aliphatic rings. The molecule has 3 aromatic rings. The third-order valence-corrected chi connectivity index (χ3v) is 5.24. The van der Waals surface area contributed by atoms with Crippen LogP contribution in [0.2, 0.25) is 0 Å². The molecule has 3 heterocycles. The Labute approximate surface area is 176 Å². The van der Waals surface area contributed by atoms with Gasteiger partial charge in [-0.2, -0.15) is 0 Å². The van der Waals surface area contributed by atoms with Crippen LogP contribution in [0.15, 0.2) is 48.8 Å². The Morgan fingerprint density at radius 3 is 2.47 bits per heavy atom. The van der Waals surface area contributed by atoms with E-state index in [1.165, 1.54) is 5.56 Å². The molecule has 0 bridgehead atoms. The summed E-state index contributed by atoms with van der Waals surface area (Å²) in [7, 11) is 1.78. The zero-order valence-electron chi connectivity index (χ0n) is 17.7. The Bertz CT molecular complexity index is 1070. The van der Waals surface area contributed by atoms with Crippen molar-refractivity contribution in [3.8, 4) is 0 Å². The van der Waals surface area contributed by atoms with E-state index < -0.39 is 0 Å². The van der Waals surface area contributed by atoms with Gasteiger partial charge < -0.3 is 15.5 Å². The number of carbonyl (C=O) groups excluding carboxylic acids is 1. The molecule has 0 radical (unpaired) electrons. The van der Waals surface area contributed by atoms with Crippen LogP contribution in [0.25, 0.3) is 0 Å². The average Bonchev–Trinajstić information content (AvgIpc) is 3.09. The summed E-state index contributed by atoms with van der Waals surface area (Å²) >= 11 is 0. The van der Waals surface area contributed by atoms with Gasteiger partial charge in [0.2, 0.25) is 5.95 Å². The second-order valence-electron chi connectivity index (χ2n) is 8.36. The van der Waals surface area contributed by atoms with Crippen molar-refractivity contribution in [2.75, 3.05) is 22.6 Å². The quantitative estimate of drug-likeness (QED) is 0.672. The number of fused-ring (bicyclic) bond motifs is 1. The summed E-state index contributed by atoms with van der Waals surface area (Å²) in [5.74, 6) is 1.10. The summed E-state index contributed by atoms with van der Waals surface area (Å²) in [5.41, 5.74) is 4.62. The number of anilines is 3. The van der Waals surface area contributed by atoms with Crippen molar-refractivity contribution in [3.05, 3.63) is 71.2 Å². The molecule has 30 heavy (non-hydrogen) atoms. The second kappa shape index (κ2) is 7.74. The number of hydrogen-bond donors (Lipinski definition) is 2. The van der Waals surface area contributed by atoms with Crippen LogP contribution in [0.1, 0.15) is 48.0 Å². The van der Waals surface area contributed by atoms with Gasteiger partial charge in [-0.1, -0.05) is 32.9 Å². The van der Waals surface area contributed by atoms with E-state index in [0.29, 0.717) is 30.4 Å². The molecule has 4 rings (SSSR count). The number of nitrogens with one attached hydrogen (secondary N) is 2. The van der Waals surface area contributed by atoms with Crippen molar-refractivity contribution in [1.82, 2.24) is 15.0 Å². The Morgan fingerprint density at radius 2 is 1.77 bits per heavy atom. The van der Waals surface area contributed by atoms with Crippen LogP contribution in [0.3, 0.4) is 0 Å².